The lowest BCUT2D eigenvalue weighted by atomic mass is 9.79. The van der Waals surface area contributed by atoms with Gasteiger partial charge in [-0.15, -0.1) is 24.8 Å². The first-order valence-electron chi connectivity index (χ1n) is 8.59. The number of piperidine rings is 1. The van der Waals surface area contributed by atoms with E-state index in [2.05, 4.69) is 18.8 Å². The third kappa shape index (κ3) is 5.85. The van der Waals surface area contributed by atoms with E-state index in [1.54, 1.807) is 6.20 Å². The molecule has 1 aliphatic heterocycles. The number of benzene rings is 1. The summed E-state index contributed by atoms with van der Waals surface area (Å²) in [5, 5.41) is 0.679. The summed E-state index contributed by atoms with van der Waals surface area (Å²) in [5.41, 5.74) is 7.01. The number of nitrogens with two attached hydrogens (primary N) is 1. The summed E-state index contributed by atoms with van der Waals surface area (Å²) in [5.74, 6) is 1.39. The second-order valence-electron chi connectivity index (χ2n) is 7.32. The quantitative estimate of drug-likeness (QED) is 0.776. The molecule has 1 aromatic carbocycles. The van der Waals surface area contributed by atoms with Crippen molar-refractivity contribution in [2.75, 3.05) is 13.1 Å². The van der Waals surface area contributed by atoms with E-state index in [4.69, 9.17) is 21.8 Å². The van der Waals surface area contributed by atoms with E-state index in [1.807, 2.05) is 29.2 Å². The fraction of sp³-hybridized carbons (Fsp3) is 0.474. The lowest BCUT2D eigenvalue weighted by molar-refractivity contribution is -0.134. The number of oxazole rings is 1. The van der Waals surface area contributed by atoms with Crippen molar-refractivity contribution < 1.29 is 9.21 Å². The fourth-order valence-corrected chi connectivity index (χ4v) is 3.26. The van der Waals surface area contributed by atoms with Gasteiger partial charge in [-0.1, -0.05) is 25.4 Å². The van der Waals surface area contributed by atoms with Gasteiger partial charge >= 0.3 is 0 Å². The molecule has 1 aliphatic rings. The van der Waals surface area contributed by atoms with Gasteiger partial charge < -0.3 is 15.1 Å². The number of halogens is 3. The number of carbonyl (C=O) groups is 1. The van der Waals surface area contributed by atoms with Gasteiger partial charge in [0, 0.05) is 42.6 Å². The number of hydrogen-bond donors (Lipinski definition) is 1. The molecule has 0 saturated carbocycles. The summed E-state index contributed by atoms with van der Waals surface area (Å²) in [6.07, 6.45) is 3.42. The predicted octanol–water partition coefficient (Wildman–Crippen LogP) is 4.36. The Kier molecular flexibility index (Phi) is 8.61. The molecule has 2 N–H and O–H groups in total. The van der Waals surface area contributed by atoms with E-state index >= 15 is 0 Å². The lowest BCUT2D eigenvalue weighted by Gasteiger charge is -2.42. The predicted molar refractivity (Wildman–Crippen MR) is 113 cm³/mol. The van der Waals surface area contributed by atoms with Crippen LogP contribution in [0.5, 0.6) is 0 Å². The van der Waals surface area contributed by atoms with Gasteiger partial charge in [-0.05, 0) is 36.1 Å². The van der Waals surface area contributed by atoms with Crippen molar-refractivity contribution >= 4 is 42.3 Å². The Labute approximate surface area is 177 Å². The minimum Gasteiger partial charge on any atom is -0.441 e. The molecule has 1 fully saturated rings. The first kappa shape index (κ1) is 23.8. The summed E-state index contributed by atoms with van der Waals surface area (Å²) in [7, 11) is 0. The largest absolute Gasteiger partial charge is 0.441 e. The molecule has 1 unspecified atom stereocenters. The van der Waals surface area contributed by atoms with Crippen LogP contribution in [0.4, 0.5) is 0 Å². The SMILES string of the molecule is CC1(C)CN(C(=O)CCc2ncc(-c3ccc(Cl)cc3)o2)CCC1N.Cl.Cl. The van der Waals surface area contributed by atoms with Crippen LogP contribution in [-0.4, -0.2) is 34.9 Å². The molecular formula is C19H26Cl3N3O2. The van der Waals surface area contributed by atoms with Crippen molar-refractivity contribution in [1.29, 1.82) is 0 Å². The molecule has 150 valence electrons. The van der Waals surface area contributed by atoms with Crippen LogP contribution in [0.15, 0.2) is 34.9 Å². The van der Waals surface area contributed by atoms with Gasteiger partial charge in [0.25, 0.3) is 0 Å². The van der Waals surface area contributed by atoms with Gasteiger partial charge in [-0.3, -0.25) is 4.79 Å². The maximum Gasteiger partial charge on any atom is 0.223 e. The Balaban J connectivity index is 0.00000182. The molecule has 5 nitrogen and oxygen atoms in total. The van der Waals surface area contributed by atoms with Gasteiger partial charge in [0.1, 0.15) is 0 Å². The molecule has 1 aromatic heterocycles. The van der Waals surface area contributed by atoms with Crippen LogP contribution in [0, 0.1) is 5.41 Å². The highest BCUT2D eigenvalue weighted by Gasteiger charge is 2.35. The zero-order valence-corrected chi connectivity index (χ0v) is 17.9. The van der Waals surface area contributed by atoms with E-state index < -0.39 is 0 Å². The monoisotopic (exact) mass is 433 g/mol. The Morgan fingerprint density at radius 3 is 2.63 bits per heavy atom. The smallest absolute Gasteiger partial charge is 0.223 e. The van der Waals surface area contributed by atoms with Crippen LogP contribution in [0.2, 0.25) is 5.02 Å². The molecule has 2 aromatic rings. The molecule has 0 radical (unpaired) electrons. The van der Waals surface area contributed by atoms with Crippen molar-refractivity contribution in [3.63, 3.8) is 0 Å². The number of hydrogen-bond acceptors (Lipinski definition) is 4. The Bertz CT molecular complexity index is 747. The van der Waals surface area contributed by atoms with E-state index in [-0.39, 0.29) is 42.2 Å². The Morgan fingerprint density at radius 2 is 2.00 bits per heavy atom. The van der Waals surface area contributed by atoms with Gasteiger partial charge in [-0.2, -0.15) is 0 Å². The topological polar surface area (TPSA) is 72.4 Å². The maximum atomic E-state index is 12.5. The average Bonchev–Trinajstić information content (AvgIpc) is 3.04. The van der Waals surface area contributed by atoms with Crippen LogP contribution in [-0.2, 0) is 11.2 Å². The van der Waals surface area contributed by atoms with E-state index in [1.165, 1.54) is 0 Å². The van der Waals surface area contributed by atoms with Crippen LogP contribution in [0.25, 0.3) is 11.3 Å². The van der Waals surface area contributed by atoms with Crippen molar-refractivity contribution in [1.82, 2.24) is 9.88 Å². The molecule has 0 aliphatic carbocycles. The lowest BCUT2D eigenvalue weighted by Crippen LogP contribution is -2.54. The Morgan fingerprint density at radius 1 is 1.33 bits per heavy atom. The van der Waals surface area contributed by atoms with Crippen molar-refractivity contribution in [3.8, 4) is 11.3 Å². The number of aryl methyl sites for hydroxylation is 1. The highest BCUT2D eigenvalue weighted by atomic mass is 35.5. The number of nitrogens with zero attached hydrogens (tertiary/aromatic N) is 2. The minimum absolute atomic E-state index is 0. The standard InChI is InChI=1S/C19H24ClN3O2.2ClH/c1-19(2)12-23(10-9-16(19)21)18(24)8-7-17-22-11-15(25-17)13-3-5-14(20)6-4-13;;/h3-6,11,16H,7-10,12,21H2,1-2H3;2*1H. The zero-order chi connectivity index (χ0) is 18.0. The summed E-state index contributed by atoms with van der Waals surface area (Å²) in [4.78, 5) is 18.7. The van der Waals surface area contributed by atoms with Gasteiger partial charge in [-0.25, -0.2) is 4.98 Å². The normalized spacial score (nSPS) is 18.4. The molecule has 1 atom stereocenters. The second kappa shape index (κ2) is 9.78. The number of rotatable bonds is 4. The van der Waals surface area contributed by atoms with E-state index in [9.17, 15) is 4.79 Å². The van der Waals surface area contributed by atoms with Crippen molar-refractivity contribution in [2.45, 2.75) is 39.2 Å². The van der Waals surface area contributed by atoms with Gasteiger partial charge in [0.05, 0.1) is 6.20 Å². The van der Waals surface area contributed by atoms with Gasteiger partial charge in [0.2, 0.25) is 5.91 Å². The van der Waals surface area contributed by atoms with Crippen LogP contribution >= 0.6 is 36.4 Å². The summed E-state index contributed by atoms with van der Waals surface area (Å²) in [6.45, 7) is 5.66. The Hall–Kier alpha value is -1.27. The number of likely N-dealkylation sites (tertiary alicyclic amines) is 1. The fourth-order valence-electron chi connectivity index (χ4n) is 3.13. The van der Waals surface area contributed by atoms with Crippen molar-refractivity contribution in [2.24, 2.45) is 11.1 Å². The summed E-state index contributed by atoms with van der Waals surface area (Å²) >= 11 is 5.90. The molecule has 0 spiro atoms. The van der Waals surface area contributed by atoms with E-state index in [0.717, 1.165) is 18.5 Å². The molecule has 1 saturated heterocycles. The summed E-state index contributed by atoms with van der Waals surface area (Å²) in [6, 6.07) is 7.54. The average molecular weight is 435 g/mol. The van der Waals surface area contributed by atoms with E-state index in [0.29, 0.717) is 36.1 Å². The molecule has 3 rings (SSSR count). The first-order chi connectivity index (χ1) is 11.8. The third-order valence-corrected chi connectivity index (χ3v) is 5.15. The molecule has 2 heterocycles. The molecule has 27 heavy (non-hydrogen) atoms. The number of aromatic nitrogens is 1. The van der Waals surface area contributed by atoms with Crippen molar-refractivity contribution in [3.05, 3.63) is 41.4 Å². The first-order valence-corrected chi connectivity index (χ1v) is 8.97. The zero-order valence-electron chi connectivity index (χ0n) is 15.5. The highest BCUT2D eigenvalue weighted by Crippen LogP contribution is 2.28. The minimum atomic E-state index is -0.0431. The second-order valence-corrected chi connectivity index (χ2v) is 7.76. The van der Waals surface area contributed by atoms with Crippen LogP contribution in [0.1, 0.15) is 32.6 Å². The van der Waals surface area contributed by atoms with Crippen LogP contribution in [0.3, 0.4) is 0 Å². The molecule has 0 bridgehead atoms. The summed E-state index contributed by atoms with van der Waals surface area (Å²) < 4.78 is 5.76. The molecule has 1 amide bonds. The number of carbonyl (C=O) groups excluding carboxylic acids is 1. The maximum absolute atomic E-state index is 12.5. The highest BCUT2D eigenvalue weighted by molar-refractivity contribution is 6.30. The number of amides is 1. The van der Waals surface area contributed by atoms with Gasteiger partial charge in [0.15, 0.2) is 11.7 Å². The van der Waals surface area contributed by atoms with Crippen LogP contribution < -0.4 is 5.73 Å². The third-order valence-electron chi connectivity index (χ3n) is 4.90. The molecular weight excluding hydrogens is 409 g/mol. The molecule has 8 heteroatoms.